The van der Waals surface area contributed by atoms with E-state index < -0.39 is 17.8 Å². The Labute approximate surface area is 162 Å². The van der Waals surface area contributed by atoms with Crippen molar-refractivity contribution in [1.82, 2.24) is 5.32 Å². The highest BCUT2D eigenvalue weighted by Gasteiger charge is 2.34. The molecule has 3 atom stereocenters. The Balaban J connectivity index is 1.63. The van der Waals surface area contributed by atoms with Gasteiger partial charge < -0.3 is 10.1 Å². The number of rotatable bonds is 7. The molecular weight excluding hydrogens is 371 g/mol. The minimum atomic E-state index is -4.34. The standard InChI is InChI=1S/C21H26F3NO3/c22-21(23,24)18-7-5-15(6-8-18)17-9-14(11-25-12-17)10-19(28-13-26)20(27)16-3-1-2-4-16/h5-8,13-14,16-17,19,25H,1-4,9-12H2. The van der Waals surface area contributed by atoms with Crippen LogP contribution in [0.1, 0.15) is 55.6 Å². The molecule has 1 N–H and O–H groups in total. The Bertz CT molecular complexity index is 668. The van der Waals surface area contributed by atoms with Crippen molar-refractivity contribution < 1.29 is 27.5 Å². The van der Waals surface area contributed by atoms with Gasteiger partial charge in [-0.15, -0.1) is 0 Å². The molecule has 2 aliphatic rings. The van der Waals surface area contributed by atoms with E-state index in [0.717, 1.165) is 49.8 Å². The quantitative estimate of drug-likeness (QED) is 0.704. The number of nitrogens with one attached hydrogen (secondary N) is 1. The molecule has 4 nitrogen and oxygen atoms in total. The second-order valence-corrected chi connectivity index (χ2v) is 7.92. The van der Waals surface area contributed by atoms with Crippen molar-refractivity contribution in [2.45, 2.75) is 56.7 Å². The van der Waals surface area contributed by atoms with Crippen molar-refractivity contribution in [2.75, 3.05) is 13.1 Å². The Morgan fingerprint density at radius 2 is 1.86 bits per heavy atom. The molecule has 1 saturated heterocycles. The fourth-order valence-corrected chi connectivity index (χ4v) is 4.49. The molecule has 1 aromatic rings. The molecule has 1 aliphatic heterocycles. The molecule has 2 fully saturated rings. The van der Waals surface area contributed by atoms with Crippen molar-refractivity contribution in [1.29, 1.82) is 0 Å². The number of ether oxygens (including phenoxy) is 1. The van der Waals surface area contributed by atoms with E-state index in [1.54, 1.807) is 0 Å². The molecule has 0 spiro atoms. The molecule has 1 heterocycles. The summed E-state index contributed by atoms with van der Waals surface area (Å²) in [4.78, 5) is 23.6. The summed E-state index contributed by atoms with van der Waals surface area (Å²) in [7, 11) is 0. The van der Waals surface area contributed by atoms with Gasteiger partial charge in [0.1, 0.15) is 0 Å². The largest absolute Gasteiger partial charge is 0.457 e. The number of hydrogen-bond acceptors (Lipinski definition) is 4. The zero-order valence-electron chi connectivity index (χ0n) is 15.7. The van der Waals surface area contributed by atoms with Crippen LogP contribution in [0.4, 0.5) is 13.2 Å². The van der Waals surface area contributed by atoms with Gasteiger partial charge in [0.25, 0.3) is 6.47 Å². The van der Waals surface area contributed by atoms with Crippen molar-refractivity contribution in [3.05, 3.63) is 35.4 Å². The van der Waals surface area contributed by atoms with Gasteiger partial charge in [-0.2, -0.15) is 13.2 Å². The topological polar surface area (TPSA) is 55.4 Å². The summed E-state index contributed by atoms with van der Waals surface area (Å²) in [5.41, 5.74) is 0.193. The van der Waals surface area contributed by atoms with Gasteiger partial charge in [0.15, 0.2) is 11.9 Å². The molecule has 3 rings (SSSR count). The number of benzene rings is 1. The summed E-state index contributed by atoms with van der Waals surface area (Å²) in [6.07, 6.45) is -0.0857. The first-order valence-corrected chi connectivity index (χ1v) is 9.89. The predicted molar refractivity (Wildman–Crippen MR) is 97.7 cm³/mol. The maximum absolute atomic E-state index is 12.8. The Hall–Kier alpha value is -1.89. The smallest absolute Gasteiger partial charge is 0.416 e. The van der Waals surface area contributed by atoms with Crippen LogP contribution in [0.15, 0.2) is 24.3 Å². The number of alkyl halides is 3. The molecular formula is C21H26F3NO3. The van der Waals surface area contributed by atoms with Crippen LogP contribution in [-0.2, 0) is 20.5 Å². The summed E-state index contributed by atoms with van der Waals surface area (Å²) < 4.78 is 43.4. The second-order valence-electron chi connectivity index (χ2n) is 7.92. The summed E-state index contributed by atoms with van der Waals surface area (Å²) >= 11 is 0. The van der Waals surface area contributed by atoms with E-state index in [2.05, 4.69) is 5.32 Å². The molecule has 0 bridgehead atoms. The first-order valence-electron chi connectivity index (χ1n) is 9.89. The molecule has 0 amide bonds. The first-order chi connectivity index (χ1) is 13.4. The zero-order valence-corrected chi connectivity index (χ0v) is 15.7. The van der Waals surface area contributed by atoms with Crippen LogP contribution in [0.25, 0.3) is 0 Å². The number of carbonyl (C=O) groups is 2. The minimum Gasteiger partial charge on any atom is -0.457 e. The van der Waals surface area contributed by atoms with Crippen molar-refractivity contribution in [3.63, 3.8) is 0 Å². The van der Waals surface area contributed by atoms with Crippen LogP contribution in [0.2, 0.25) is 0 Å². The maximum Gasteiger partial charge on any atom is 0.416 e. The SMILES string of the molecule is O=COC(CC1CNCC(c2ccc(C(F)(F)F)cc2)C1)C(=O)C1CCCC1. The third-order valence-corrected chi connectivity index (χ3v) is 5.99. The van der Waals surface area contributed by atoms with E-state index in [0.29, 0.717) is 26.0 Å². The van der Waals surface area contributed by atoms with Gasteiger partial charge in [0.2, 0.25) is 0 Å². The van der Waals surface area contributed by atoms with Crippen molar-refractivity contribution in [3.8, 4) is 0 Å². The van der Waals surface area contributed by atoms with E-state index in [1.165, 1.54) is 12.1 Å². The predicted octanol–water partition coefficient (Wildman–Crippen LogP) is 4.09. The second kappa shape index (κ2) is 9.07. The van der Waals surface area contributed by atoms with E-state index in [9.17, 15) is 22.8 Å². The Kier molecular flexibility index (Phi) is 6.75. The van der Waals surface area contributed by atoms with Gasteiger partial charge in [-0.3, -0.25) is 9.59 Å². The number of carbonyl (C=O) groups excluding carboxylic acids is 2. The van der Waals surface area contributed by atoms with Gasteiger partial charge in [-0.1, -0.05) is 25.0 Å². The molecule has 0 aromatic heterocycles. The summed E-state index contributed by atoms with van der Waals surface area (Å²) in [5.74, 6) is 0.185. The van der Waals surface area contributed by atoms with E-state index in [1.807, 2.05) is 0 Å². The average Bonchev–Trinajstić information content (AvgIpc) is 3.21. The number of Topliss-reactive ketones (excluding diaryl/α,β-unsaturated/α-hetero) is 1. The van der Waals surface area contributed by atoms with Crippen LogP contribution in [-0.4, -0.2) is 31.4 Å². The molecule has 1 saturated carbocycles. The van der Waals surface area contributed by atoms with Crippen LogP contribution < -0.4 is 5.32 Å². The van der Waals surface area contributed by atoms with E-state index >= 15 is 0 Å². The lowest BCUT2D eigenvalue weighted by Crippen LogP contribution is -2.39. The van der Waals surface area contributed by atoms with Gasteiger partial charge in [0.05, 0.1) is 5.56 Å². The van der Waals surface area contributed by atoms with Gasteiger partial charge >= 0.3 is 6.18 Å². The Morgan fingerprint density at radius 3 is 2.46 bits per heavy atom. The van der Waals surface area contributed by atoms with Gasteiger partial charge in [-0.05, 0) is 61.8 Å². The summed E-state index contributed by atoms with van der Waals surface area (Å²) in [6.45, 7) is 1.73. The summed E-state index contributed by atoms with van der Waals surface area (Å²) in [5, 5.41) is 3.31. The molecule has 0 radical (unpaired) electrons. The fraction of sp³-hybridized carbons (Fsp3) is 0.619. The third-order valence-electron chi connectivity index (χ3n) is 5.99. The molecule has 1 aromatic carbocycles. The highest BCUT2D eigenvalue weighted by molar-refractivity contribution is 5.86. The lowest BCUT2D eigenvalue weighted by Gasteiger charge is -2.32. The van der Waals surface area contributed by atoms with Gasteiger partial charge in [-0.25, -0.2) is 0 Å². The van der Waals surface area contributed by atoms with Crippen LogP contribution in [0, 0.1) is 11.8 Å². The monoisotopic (exact) mass is 397 g/mol. The highest BCUT2D eigenvalue weighted by Crippen LogP contribution is 2.34. The normalized spacial score (nSPS) is 24.7. The number of ketones is 1. The highest BCUT2D eigenvalue weighted by atomic mass is 19.4. The summed E-state index contributed by atoms with van der Waals surface area (Å²) in [6, 6.07) is 5.28. The average molecular weight is 397 g/mol. The van der Waals surface area contributed by atoms with Crippen molar-refractivity contribution in [2.24, 2.45) is 11.8 Å². The molecule has 154 valence electrons. The molecule has 7 heteroatoms. The third kappa shape index (κ3) is 5.13. The number of hydrogen-bond donors (Lipinski definition) is 1. The lowest BCUT2D eigenvalue weighted by atomic mass is 9.81. The van der Waals surface area contributed by atoms with Gasteiger partial charge in [0, 0.05) is 12.5 Å². The Morgan fingerprint density at radius 1 is 1.18 bits per heavy atom. The van der Waals surface area contributed by atoms with Crippen LogP contribution in [0.3, 0.4) is 0 Å². The van der Waals surface area contributed by atoms with E-state index in [-0.39, 0.29) is 23.5 Å². The van der Waals surface area contributed by atoms with Crippen LogP contribution in [0.5, 0.6) is 0 Å². The zero-order chi connectivity index (χ0) is 20.1. The molecule has 28 heavy (non-hydrogen) atoms. The van der Waals surface area contributed by atoms with E-state index in [4.69, 9.17) is 4.74 Å². The first kappa shape index (κ1) is 20.8. The number of piperidine rings is 1. The number of halogens is 3. The minimum absolute atomic E-state index is 0.0150. The fourth-order valence-electron chi connectivity index (χ4n) is 4.49. The maximum atomic E-state index is 12.8. The van der Waals surface area contributed by atoms with Crippen LogP contribution >= 0.6 is 0 Å². The lowest BCUT2D eigenvalue weighted by molar-refractivity contribution is -0.147. The molecule has 1 aliphatic carbocycles. The molecule has 3 unspecified atom stereocenters. The van der Waals surface area contributed by atoms with Crippen molar-refractivity contribution >= 4 is 12.3 Å².